The molecule has 1 aliphatic heterocycles. The fraction of sp³-hybridized carbons (Fsp3) is 0.130. The number of aromatic hydroxyl groups is 1. The maximum Gasteiger partial charge on any atom is 0.274 e. The number of hydrogen-bond acceptors (Lipinski definition) is 3. The number of nitrogens with zero attached hydrogens (tertiary/aromatic N) is 2. The number of hydrazone groups is 1. The normalized spacial score (nSPS) is 16.3. The van der Waals surface area contributed by atoms with Crippen LogP contribution in [0.4, 0.5) is 0 Å². The summed E-state index contributed by atoms with van der Waals surface area (Å²) in [5, 5.41) is 16.5. The molecule has 0 spiro atoms. The first kappa shape index (κ1) is 17.0. The van der Waals surface area contributed by atoms with Gasteiger partial charge in [0, 0.05) is 17.5 Å². The number of hydrogen-bond donors (Lipinski definition) is 1. The summed E-state index contributed by atoms with van der Waals surface area (Å²) in [5.74, 6) is -0.000294. The molecular formula is C23H20N2O2. The van der Waals surface area contributed by atoms with Gasteiger partial charge in [-0.1, -0.05) is 66.2 Å². The van der Waals surface area contributed by atoms with E-state index in [1.54, 1.807) is 24.3 Å². The van der Waals surface area contributed by atoms with E-state index >= 15 is 0 Å². The second-order valence-corrected chi connectivity index (χ2v) is 6.71. The Kier molecular flexibility index (Phi) is 4.47. The monoisotopic (exact) mass is 356 g/mol. The van der Waals surface area contributed by atoms with Gasteiger partial charge in [0.15, 0.2) is 0 Å². The van der Waals surface area contributed by atoms with Gasteiger partial charge >= 0.3 is 0 Å². The van der Waals surface area contributed by atoms with Crippen molar-refractivity contribution in [3.05, 3.63) is 101 Å². The summed E-state index contributed by atoms with van der Waals surface area (Å²) in [7, 11) is 0. The first-order valence-electron chi connectivity index (χ1n) is 8.94. The van der Waals surface area contributed by atoms with Crippen molar-refractivity contribution in [3.8, 4) is 5.75 Å². The number of rotatable bonds is 3. The van der Waals surface area contributed by atoms with Gasteiger partial charge in [-0.25, -0.2) is 5.01 Å². The maximum absolute atomic E-state index is 13.1. The van der Waals surface area contributed by atoms with E-state index in [9.17, 15) is 9.90 Å². The predicted octanol–water partition coefficient (Wildman–Crippen LogP) is 4.69. The second-order valence-electron chi connectivity index (χ2n) is 6.71. The van der Waals surface area contributed by atoms with Gasteiger partial charge in [0.1, 0.15) is 5.75 Å². The number of benzene rings is 3. The first-order chi connectivity index (χ1) is 13.1. The molecule has 0 bridgehead atoms. The number of phenolic OH excluding ortho intramolecular Hbond substituents is 1. The topological polar surface area (TPSA) is 52.9 Å². The zero-order valence-corrected chi connectivity index (χ0v) is 15.0. The number of para-hydroxylation sites is 1. The molecule has 0 saturated heterocycles. The Labute approximate surface area is 158 Å². The van der Waals surface area contributed by atoms with E-state index in [4.69, 9.17) is 0 Å². The minimum Gasteiger partial charge on any atom is -0.508 e. The van der Waals surface area contributed by atoms with E-state index in [1.807, 2.05) is 61.5 Å². The van der Waals surface area contributed by atoms with E-state index in [0.717, 1.165) is 11.3 Å². The quantitative estimate of drug-likeness (QED) is 0.740. The van der Waals surface area contributed by atoms with Crippen LogP contribution in [0.1, 0.15) is 39.5 Å². The van der Waals surface area contributed by atoms with E-state index in [0.29, 0.717) is 17.5 Å². The SMILES string of the molecule is Cc1ccc(C2=NN(C(=O)c3ccccc3)C(c3ccccc3O)C2)cc1. The molecule has 0 aliphatic carbocycles. The van der Waals surface area contributed by atoms with Crippen LogP contribution in [-0.2, 0) is 0 Å². The highest BCUT2D eigenvalue weighted by atomic mass is 16.3. The zero-order chi connectivity index (χ0) is 18.8. The molecule has 27 heavy (non-hydrogen) atoms. The highest BCUT2D eigenvalue weighted by Crippen LogP contribution is 2.37. The van der Waals surface area contributed by atoms with E-state index < -0.39 is 0 Å². The van der Waals surface area contributed by atoms with Gasteiger partial charge in [-0.15, -0.1) is 0 Å². The van der Waals surface area contributed by atoms with Gasteiger partial charge in [0.05, 0.1) is 11.8 Å². The third kappa shape index (κ3) is 3.34. The zero-order valence-electron chi connectivity index (χ0n) is 15.0. The lowest BCUT2D eigenvalue weighted by Gasteiger charge is -2.22. The Hall–Kier alpha value is -3.40. The van der Waals surface area contributed by atoms with Crippen LogP contribution in [0.2, 0.25) is 0 Å². The average molecular weight is 356 g/mol. The summed E-state index contributed by atoms with van der Waals surface area (Å²) >= 11 is 0. The molecule has 0 fully saturated rings. The summed E-state index contributed by atoms with van der Waals surface area (Å²) in [6, 6.07) is 24.0. The molecule has 134 valence electrons. The largest absolute Gasteiger partial charge is 0.508 e. The molecule has 1 N–H and O–H groups in total. The van der Waals surface area contributed by atoms with Gasteiger partial charge in [0.2, 0.25) is 0 Å². The Morgan fingerprint density at radius 3 is 2.33 bits per heavy atom. The van der Waals surface area contributed by atoms with Gasteiger partial charge in [-0.05, 0) is 30.7 Å². The smallest absolute Gasteiger partial charge is 0.274 e. The third-order valence-corrected chi connectivity index (χ3v) is 4.82. The van der Waals surface area contributed by atoms with Crippen molar-refractivity contribution in [1.29, 1.82) is 0 Å². The fourth-order valence-electron chi connectivity index (χ4n) is 3.34. The van der Waals surface area contributed by atoms with Crippen LogP contribution in [0.25, 0.3) is 0 Å². The molecule has 4 heteroatoms. The van der Waals surface area contributed by atoms with Gasteiger partial charge in [-0.3, -0.25) is 4.79 Å². The number of amides is 1. The Morgan fingerprint density at radius 1 is 0.963 bits per heavy atom. The van der Waals surface area contributed by atoms with E-state index in [2.05, 4.69) is 5.10 Å². The van der Waals surface area contributed by atoms with Crippen molar-refractivity contribution in [2.45, 2.75) is 19.4 Å². The van der Waals surface area contributed by atoms with Crippen LogP contribution in [-0.4, -0.2) is 21.7 Å². The molecule has 1 aliphatic rings. The van der Waals surface area contributed by atoms with E-state index in [-0.39, 0.29) is 17.7 Å². The average Bonchev–Trinajstić information content (AvgIpc) is 3.14. The molecule has 4 nitrogen and oxygen atoms in total. The Bertz CT molecular complexity index is 994. The molecule has 1 atom stereocenters. The lowest BCUT2D eigenvalue weighted by atomic mass is 9.97. The molecule has 3 aromatic rings. The van der Waals surface area contributed by atoms with Crippen LogP contribution in [0.5, 0.6) is 5.75 Å². The molecule has 1 unspecified atom stereocenters. The van der Waals surface area contributed by atoms with Crippen molar-refractivity contribution in [2.24, 2.45) is 5.10 Å². The van der Waals surface area contributed by atoms with Crippen molar-refractivity contribution in [3.63, 3.8) is 0 Å². The predicted molar refractivity (Wildman–Crippen MR) is 106 cm³/mol. The Morgan fingerprint density at radius 2 is 1.63 bits per heavy atom. The summed E-state index contributed by atoms with van der Waals surface area (Å²) in [5.41, 5.74) is 4.28. The fourth-order valence-corrected chi connectivity index (χ4v) is 3.34. The Balaban J connectivity index is 1.75. The van der Waals surface area contributed by atoms with Crippen molar-refractivity contribution < 1.29 is 9.90 Å². The van der Waals surface area contributed by atoms with Crippen LogP contribution in [0.3, 0.4) is 0 Å². The van der Waals surface area contributed by atoms with Gasteiger partial charge < -0.3 is 5.11 Å². The number of carbonyl (C=O) groups excluding carboxylic acids is 1. The van der Waals surface area contributed by atoms with Crippen molar-refractivity contribution in [2.75, 3.05) is 0 Å². The number of aryl methyl sites for hydroxylation is 1. The molecule has 3 aromatic carbocycles. The van der Waals surface area contributed by atoms with E-state index in [1.165, 1.54) is 10.6 Å². The molecule has 0 aromatic heterocycles. The lowest BCUT2D eigenvalue weighted by molar-refractivity contribution is 0.0709. The summed E-state index contributed by atoms with van der Waals surface area (Å²) < 4.78 is 0. The highest BCUT2D eigenvalue weighted by Gasteiger charge is 2.34. The maximum atomic E-state index is 13.1. The van der Waals surface area contributed by atoms with Crippen LogP contribution in [0.15, 0.2) is 84.0 Å². The van der Waals surface area contributed by atoms with Gasteiger partial charge in [-0.2, -0.15) is 5.10 Å². The molecule has 0 saturated carbocycles. The number of carbonyl (C=O) groups is 1. The standard InChI is InChI=1S/C23H20N2O2/c1-16-11-13-17(14-12-16)20-15-21(19-9-5-6-10-22(19)26)25(24-20)23(27)18-7-3-2-4-8-18/h2-14,21,26H,15H2,1H3. The van der Waals surface area contributed by atoms with Crippen molar-refractivity contribution >= 4 is 11.6 Å². The molecular weight excluding hydrogens is 336 g/mol. The van der Waals surface area contributed by atoms with Crippen molar-refractivity contribution in [1.82, 2.24) is 5.01 Å². The van der Waals surface area contributed by atoms with Crippen LogP contribution in [0, 0.1) is 6.92 Å². The lowest BCUT2D eigenvalue weighted by Crippen LogP contribution is -2.27. The highest BCUT2D eigenvalue weighted by molar-refractivity contribution is 6.05. The second kappa shape index (κ2) is 7.08. The third-order valence-electron chi connectivity index (χ3n) is 4.82. The number of phenols is 1. The molecule has 4 rings (SSSR count). The molecule has 1 heterocycles. The molecule has 0 radical (unpaired) electrons. The summed E-state index contributed by atoms with van der Waals surface area (Å²) in [4.78, 5) is 13.1. The minimum absolute atomic E-state index is 0.175. The summed E-state index contributed by atoms with van der Waals surface area (Å²) in [6.07, 6.45) is 0.555. The minimum atomic E-state index is -0.338. The first-order valence-corrected chi connectivity index (χ1v) is 8.94. The van der Waals surface area contributed by atoms with Gasteiger partial charge in [0.25, 0.3) is 5.91 Å². The van der Waals surface area contributed by atoms with Crippen LogP contribution >= 0.6 is 0 Å². The summed E-state index contributed by atoms with van der Waals surface area (Å²) in [6.45, 7) is 2.04. The van der Waals surface area contributed by atoms with Crippen LogP contribution < -0.4 is 0 Å². The molecule has 1 amide bonds.